The topological polar surface area (TPSA) is 101 Å². The lowest BCUT2D eigenvalue weighted by Crippen LogP contribution is -2.20. The first-order valence-corrected chi connectivity index (χ1v) is 10.8. The summed E-state index contributed by atoms with van der Waals surface area (Å²) in [5, 5.41) is 15.9. The van der Waals surface area contributed by atoms with Crippen LogP contribution in [0.2, 0.25) is 0 Å². The fraction of sp³-hybridized carbons (Fsp3) is 0.208. The summed E-state index contributed by atoms with van der Waals surface area (Å²) in [6, 6.07) is 18.6. The standard InChI is InChI=1S/C20H15N7O.2C2H6/c28-18-10-16-19(26-27(18)13-6-2-1-3-7-13)20(25-24-16)21-11-17-14-8-4-5-9-15(14)22-12-23-17;2*1-2/h1-10,12,24H,11H2,(H,21,25);2*1-2H3. The number of aromatic nitrogens is 6. The van der Waals surface area contributed by atoms with Crippen LogP contribution in [0.15, 0.2) is 71.8 Å². The summed E-state index contributed by atoms with van der Waals surface area (Å²) in [6.07, 6.45) is 1.55. The van der Waals surface area contributed by atoms with Crippen molar-refractivity contribution in [3.8, 4) is 5.69 Å². The molecule has 32 heavy (non-hydrogen) atoms. The molecule has 0 unspecified atom stereocenters. The number of nitrogens with zero attached hydrogens (tertiary/aromatic N) is 5. The summed E-state index contributed by atoms with van der Waals surface area (Å²) in [6.45, 7) is 8.45. The molecule has 0 radical (unpaired) electrons. The van der Waals surface area contributed by atoms with Gasteiger partial charge in [0, 0.05) is 11.5 Å². The molecular weight excluding hydrogens is 402 g/mol. The third-order valence-electron chi connectivity index (χ3n) is 4.49. The SMILES string of the molecule is CC.CC.O=c1cc2[nH]nc(NCc3ncnc4ccccc34)c2nn1-c1ccccc1. The lowest BCUT2D eigenvalue weighted by Gasteiger charge is -2.07. The zero-order valence-corrected chi connectivity index (χ0v) is 18.7. The van der Waals surface area contributed by atoms with Crippen molar-refractivity contribution in [2.24, 2.45) is 0 Å². The van der Waals surface area contributed by atoms with Gasteiger partial charge in [-0.2, -0.15) is 14.9 Å². The van der Waals surface area contributed by atoms with E-state index in [9.17, 15) is 4.79 Å². The zero-order chi connectivity index (χ0) is 22.9. The minimum atomic E-state index is -0.226. The van der Waals surface area contributed by atoms with E-state index in [1.165, 1.54) is 10.7 Å². The molecule has 0 fully saturated rings. The molecule has 2 aromatic carbocycles. The van der Waals surface area contributed by atoms with Crippen LogP contribution in [0, 0.1) is 0 Å². The molecule has 3 heterocycles. The van der Waals surface area contributed by atoms with E-state index >= 15 is 0 Å². The first-order chi connectivity index (χ1) is 15.8. The highest BCUT2D eigenvalue weighted by Gasteiger charge is 2.12. The van der Waals surface area contributed by atoms with Gasteiger partial charge in [-0.3, -0.25) is 9.89 Å². The smallest absolute Gasteiger partial charge is 0.273 e. The number of H-pyrrole nitrogens is 1. The molecule has 0 aliphatic rings. The van der Waals surface area contributed by atoms with Crippen molar-refractivity contribution in [2.75, 3.05) is 5.32 Å². The van der Waals surface area contributed by atoms with Crippen LogP contribution in [-0.2, 0) is 6.54 Å². The van der Waals surface area contributed by atoms with E-state index in [0.29, 0.717) is 29.1 Å². The van der Waals surface area contributed by atoms with Crippen molar-refractivity contribution >= 4 is 27.8 Å². The second kappa shape index (κ2) is 10.8. The summed E-state index contributed by atoms with van der Waals surface area (Å²) in [7, 11) is 0. The highest BCUT2D eigenvalue weighted by Crippen LogP contribution is 2.19. The molecule has 0 spiro atoms. The van der Waals surface area contributed by atoms with Gasteiger partial charge < -0.3 is 5.32 Å². The Kier molecular flexibility index (Phi) is 7.64. The molecule has 5 rings (SSSR count). The number of rotatable bonds is 4. The van der Waals surface area contributed by atoms with Crippen LogP contribution in [0.5, 0.6) is 0 Å². The first-order valence-electron chi connectivity index (χ1n) is 10.8. The molecular formula is C24H27N7O. The van der Waals surface area contributed by atoms with E-state index < -0.39 is 0 Å². The van der Waals surface area contributed by atoms with Crippen LogP contribution in [0.25, 0.3) is 27.6 Å². The lowest BCUT2D eigenvalue weighted by atomic mass is 10.2. The molecule has 0 bridgehead atoms. The van der Waals surface area contributed by atoms with Gasteiger partial charge in [0.1, 0.15) is 6.33 Å². The van der Waals surface area contributed by atoms with E-state index in [2.05, 4.69) is 30.6 Å². The normalized spacial score (nSPS) is 10.1. The predicted octanol–water partition coefficient (Wildman–Crippen LogP) is 4.72. The van der Waals surface area contributed by atoms with Crippen molar-refractivity contribution < 1.29 is 0 Å². The lowest BCUT2D eigenvalue weighted by molar-refractivity contribution is 0.832. The Morgan fingerprint density at radius 1 is 0.938 bits per heavy atom. The summed E-state index contributed by atoms with van der Waals surface area (Å²) in [5.74, 6) is 0.558. The van der Waals surface area contributed by atoms with Crippen molar-refractivity contribution in [1.82, 2.24) is 29.9 Å². The number of hydrogen-bond donors (Lipinski definition) is 2. The van der Waals surface area contributed by atoms with Crippen molar-refractivity contribution in [3.05, 3.63) is 83.0 Å². The van der Waals surface area contributed by atoms with Crippen LogP contribution in [0.3, 0.4) is 0 Å². The fourth-order valence-corrected chi connectivity index (χ4v) is 3.13. The Bertz CT molecular complexity index is 1340. The van der Waals surface area contributed by atoms with E-state index in [1.54, 1.807) is 6.33 Å². The largest absolute Gasteiger partial charge is 0.361 e. The van der Waals surface area contributed by atoms with E-state index in [1.807, 2.05) is 82.3 Å². The first kappa shape index (κ1) is 22.6. The van der Waals surface area contributed by atoms with E-state index in [-0.39, 0.29) is 5.56 Å². The molecule has 0 atom stereocenters. The third-order valence-corrected chi connectivity index (χ3v) is 4.49. The summed E-state index contributed by atoms with van der Waals surface area (Å²) >= 11 is 0. The second-order valence-electron chi connectivity index (χ2n) is 6.26. The molecule has 2 N–H and O–H groups in total. The van der Waals surface area contributed by atoms with Crippen LogP contribution in [-0.4, -0.2) is 29.9 Å². The number of anilines is 1. The Hall–Kier alpha value is -4.07. The van der Waals surface area contributed by atoms with E-state index in [0.717, 1.165) is 16.6 Å². The van der Waals surface area contributed by atoms with Gasteiger partial charge in [0.2, 0.25) is 0 Å². The van der Waals surface area contributed by atoms with E-state index in [4.69, 9.17) is 0 Å². The molecule has 164 valence electrons. The molecule has 0 amide bonds. The average molecular weight is 430 g/mol. The quantitative estimate of drug-likeness (QED) is 0.429. The molecule has 8 heteroatoms. The van der Waals surface area contributed by atoms with Crippen molar-refractivity contribution in [1.29, 1.82) is 0 Å². The van der Waals surface area contributed by atoms with Crippen LogP contribution in [0.4, 0.5) is 5.82 Å². The maximum Gasteiger partial charge on any atom is 0.273 e. The molecule has 3 aromatic heterocycles. The molecule has 5 aromatic rings. The fourth-order valence-electron chi connectivity index (χ4n) is 3.13. The Morgan fingerprint density at radius 2 is 1.66 bits per heavy atom. The van der Waals surface area contributed by atoms with Gasteiger partial charge in [0.05, 0.1) is 29.0 Å². The summed E-state index contributed by atoms with van der Waals surface area (Å²) < 4.78 is 1.36. The molecule has 0 saturated heterocycles. The van der Waals surface area contributed by atoms with Crippen molar-refractivity contribution in [3.63, 3.8) is 0 Å². The van der Waals surface area contributed by atoms with Crippen molar-refractivity contribution in [2.45, 2.75) is 34.2 Å². The average Bonchev–Trinajstić information content (AvgIpc) is 3.26. The Balaban J connectivity index is 0.000000686. The maximum absolute atomic E-state index is 12.4. The van der Waals surface area contributed by atoms with Gasteiger partial charge in [-0.25, -0.2) is 9.97 Å². The number of hydrogen-bond acceptors (Lipinski definition) is 6. The monoisotopic (exact) mass is 429 g/mol. The number of fused-ring (bicyclic) bond motifs is 2. The molecule has 0 saturated carbocycles. The highest BCUT2D eigenvalue weighted by atomic mass is 16.1. The van der Waals surface area contributed by atoms with Gasteiger partial charge in [-0.1, -0.05) is 64.1 Å². The highest BCUT2D eigenvalue weighted by molar-refractivity contribution is 5.85. The second-order valence-corrected chi connectivity index (χ2v) is 6.26. The van der Waals surface area contributed by atoms with Crippen LogP contribution in [0.1, 0.15) is 33.4 Å². The minimum absolute atomic E-state index is 0.226. The Labute approximate surface area is 186 Å². The molecule has 0 aliphatic carbocycles. The maximum atomic E-state index is 12.4. The number of para-hydroxylation sites is 2. The summed E-state index contributed by atoms with van der Waals surface area (Å²) in [4.78, 5) is 21.0. The number of aromatic amines is 1. The van der Waals surface area contributed by atoms with Crippen LogP contribution < -0.4 is 10.9 Å². The zero-order valence-electron chi connectivity index (χ0n) is 18.7. The molecule has 8 nitrogen and oxygen atoms in total. The van der Waals surface area contributed by atoms with Gasteiger partial charge in [0.15, 0.2) is 11.3 Å². The van der Waals surface area contributed by atoms with Gasteiger partial charge in [-0.05, 0) is 18.2 Å². The number of benzene rings is 2. The summed E-state index contributed by atoms with van der Waals surface area (Å²) in [5.41, 5.74) is 3.38. The number of nitrogens with one attached hydrogen (secondary N) is 2. The van der Waals surface area contributed by atoms with Crippen LogP contribution >= 0.6 is 0 Å². The third kappa shape index (κ3) is 4.64. The van der Waals surface area contributed by atoms with Gasteiger partial charge in [0.25, 0.3) is 5.56 Å². The minimum Gasteiger partial charge on any atom is -0.361 e. The van der Waals surface area contributed by atoms with Gasteiger partial charge >= 0.3 is 0 Å². The predicted molar refractivity (Wildman–Crippen MR) is 129 cm³/mol. The molecule has 0 aliphatic heterocycles. The Morgan fingerprint density at radius 3 is 2.44 bits per heavy atom. The van der Waals surface area contributed by atoms with Gasteiger partial charge in [-0.15, -0.1) is 0 Å².